The van der Waals surface area contributed by atoms with E-state index in [-0.39, 0.29) is 10.9 Å². The second-order valence-electron chi connectivity index (χ2n) is 1.59. The van der Waals surface area contributed by atoms with Crippen LogP contribution in [0.15, 0.2) is 23.0 Å². The second-order valence-corrected chi connectivity index (χ2v) is 3.36. The zero-order chi connectivity index (χ0) is 6.53. The molecule has 1 aliphatic heterocycles. The molecule has 0 spiro atoms. The molecule has 1 aliphatic rings. The summed E-state index contributed by atoms with van der Waals surface area (Å²) in [7, 11) is 0.169. The first-order valence-electron chi connectivity index (χ1n) is 2.64. The quantitative estimate of drug-likeness (QED) is 0.585. The van der Waals surface area contributed by atoms with Crippen LogP contribution < -0.4 is 5.32 Å². The Labute approximate surface area is 57.0 Å². The van der Waals surface area contributed by atoms with Gasteiger partial charge in [-0.2, -0.15) is 0 Å². The number of amides is 1. The zero-order valence-electron chi connectivity index (χ0n) is 4.91. The van der Waals surface area contributed by atoms with Crippen molar-refractivity contribution in [2.24, 2.45) is 0 Å². The minimum Gasteiger partial charge on any atom is -0.350 e. The molecule has 1 N–H and O–H groups in total. The summed E-state index contributed by atoms with van der Waals surface area (Å²) in [5.41, 5.74) is 0. The fourth-order valence-corrected chi connectivity index (χ4v) is 1.69. The van der Waals surface area contributed by atoms with E-state index in [9.17, 15) is 4.79 Å². The van der Waals surface area contributed by atoms with Crippen LogP contribution in [0.5, 0.6) is 0 Å². The van der Waals surface area contributed by atoms with Crippen molar-refractivity contribution in [3.05, 3.63) is 23.0 Å². The highest BCUT2D eigenvalue weighted by molar-refractivity contribution is 8.22. The fourth-order valence-electron chi connectivity index (χ4n) is 0.564. The van der Waals surface area contributed by atoms with Crippen LogP contribution in [0.1, 0.15) is 0 Å². The SMILES string of the molecule is O=CNC[S]1C=CC=C1. The molecule has 9 heavy (non-hydrogen) atoms. The predicted octanol–water partition coefficient (Wildman–Crippen LogP) is 1.000. The van der Waals surface area contributed by atoms with E-state index in [4.69, 9.17) is 0 Å². The summed E-state index contributed by atoms with van der Waals surface area (Å²) in [5.74, 6) is 0.747. The van der Waals surface area contributed by atoms with Crippen LogP contribution in [0.4, 0.5) is 0 Å². The minimum absolute atomic E-state index is 0.169. The van der Waals surface area contributed by atoms with Crippen LogP contribution >= 0.6 is 10.9 Å². The Morgan fingerprint density at radius 2 is 2.11 bits per heavy atom. The number of rotatable bonds is 3. The van der Waals surface area contributed by atoms with Gasteiger partial charge in [0.05, 0.1) is 5.88 Å². The first kappa shape index (κ1) is 6.42. The molecule has 1 rings (SSSR count). The third kappa shape index (κ3) is 1.93. The number of carbonyl (C=O) groups is 1. The molecule has 3 heteroatoms. The summed E-state index contributed by atoms with van der Waals surface area (Å²) in [6.45, 7) is 0. The smallest absolute Gasteiger partial charge is 0.207 e. The summed E-state index contributed by atoms with van der Waals surface area (Å²) < 4.78 is 0. The minimum atomic E-state index is 0.169. The number of hydrogen-bond donors (Lipinski definition) is 1. The van der Waals surface area contributed by atoms with Crippen molar-refractivity contribution in [2.45, 2.75) is 0 Å². The molecule has 0 aromatic heterocycles. The maximum atomic E-state index is 9.81. The molecule has 2 nitrogen and oxygen atoms in total. The lowest BCUT2D eigenvalue weighted by Crippen LogP contribution is -2.10. The van der Waals surface area contributed by atoms with Gasteiger partial charge in [0, 0.05) is 0 Å². The molecule has 0 bridgehead atoms. The molecule has 0 unspecified atom stereocenters. The van der Waals surface area contributed by atoms with E-state index in [0.29, 0.717) is 0 Å². The molecule has 0 aliphatic carbocycles. The number of allylic oxidation sites excluding steroid dienone is 2. The van der Waals surface area contributed by atoms with Gasteiger partial charge in [-0.15, -0.1) is 10.9 Å². The van der Waals surface area contributed by atoms with E-state index in [0.717, 1.165) is 12.3 Å². The molecule has 1 heterocycles. The lowest BCUT2D eigenvalue weighted by molar-refractivity contribution is -0.109. The predicted molar refractivity (Wildman–Crippen MR) is 39.9 cm³/mol. The Morgan fingerprint density at radius 3 is 2.67 bits per heavy atom. The summed E-state index contributed by atoms with van der Waals surface area (Å²) in [5, 5.41) is 6.78. The third-order valence-electron chi connectivity index (χ3n) is 0.951. The van der Waals surface area contributed by atoms with Crippen LogP contribution in [0.3, 0.4) is 0 Å². The molecule has 0 atom stereocenters. The third-order valence-corrected chi connectivity index (χ3v) is 2.46. The maximum absolute atomic E-state index is 9.81. The summed E-state index contributed by atoms with van der Waals surface area (Å²) in [4.78, 5) is 9.81. The van der Waals surface area contributed by atoms with Crippen LogP contribution in [-0.2, 0) is 4.79 Å². The molecule has 0 fully saturated rings. The van der Waals surface area contributed by atoms with E-state index in [1.54, 1.807) is 0 Å². The highest BCUT2D eigenvalue weighted by Gasteiger charge is 1.97. The van der Waals surface area contributed by atoms with Crippen LogP contribution in [0.25, 0.3) is 0 Å². The lowest BCUT2D eigenvalue weighted by atomic mass is 10.6. The summed E-state index contributed by atoms with van der Waals surface area (Å²) >= 11 is 0. The highest BCUT2D eigenvalue weighted by atomic mass is 32.2. The first-order chi connectivity index (χ1) is 4.43. The standard InChI is InChI=1S/C6H8NOS/c8-5-7-6-9-3-1-2-4-9/h1-5H,6H2,(H,7,8). The van der Waals surface area contributed by atoms with E-state index in [2.05, 4.69) is 16.1 Å². The number of nitrogens with one attached hydrogen (secondary N) is 1. The Bertz CT molecular complexity index is 141. The van der Waals surface area contributed by atoms with Crippen molar-refractivity contribution in [1.29, 1.82) is 0 Å². The Balaban J connectivity index is 2.20. The molecule has 1 radical (unpaired) electrons. The average Bonchev–Trinajstić information content (AvgIpc) is 2.34. The molecule has 1 amide bonds. The molecule has 0 aromatic rings. The molecule has 0 saturated carbocycles. The van der Waals surface area contributed by atoms with Gasteiger partial charge in [-0.3, -0.25) is 4.79 Å². The van der Waals surface area contributed by atoms with Gasteiger partial charge >= 0.3 is 0 Å². The Kier molecular flexibility index (Phi) is 2.39. The van der Waals surface area contributed by atoms with Gasteiger partial charge in [-0.1, -0.05) is 12.2 Å². The van der Waals surface area contributed by atoms with Gasteiger partial charge in [0.2, 0.25) is 6.41 Å². The van der Waals surface area contributed by atoms with Gasteiger partial charge in [-0.05, 0) is 10.8 Å². The number of hydrogen-bond acceptors (Lipinski definition) is 1. The highest BCUT2D eigenvalue weighted by Crippen LogP contribution is 2.30. The van der Waals surface area contributed by atoms with E-state index < -0.39 is 0 Å². The first-order valence-corrected chi connectivity index (χ1v) is 4.16. The van der Waals surface area contributed by atoms with Crippen molar-refractivity contribution in [3.63, 3.8) is 0 Å². The van der Waals surface area contributed by atoms with Gasteiger partial charge in [0.1, 0.15) is 0 Å². The topological polar surface area (TPSA) is 29.1 Å². The molecular formula is C6H8NOS. The van der Waals surface area contributed by atoms with Crippen molar-refractivity contribution in [3.8, 4) is 0 Å². The van der Waals surface area contributed by atoms with Crippen molar-refractivity contribution < 1.29 is 4.79 Å². The molecule has 49 valence electrons. The van der Waals surface area contributed by atoms with Gasteiger partial charge in [0.15, 0.2) is 0 Å². The summed E-state index contributed by atoms with van der Waals surface area (Å²) in [6, 6.07) is 0. The van der Waals surface area contributed by atoms with Gasteiger partial charge < -0.3 is 5.32 Å². The molecule has 0 aromatic carbocycles. The normalized spacial score (nSPS) is 16.4. The zero-order valence-corrected chi connectivity index (χ0v) is 5.73. The van der Waals surface area contributed by atoms with Gasteiger partial charge in [0.25, 0.3) is 0 Å². The van der Waals surface area contributed by atoms with E-state index in [1.807, 2.05) is 12.2 Å². The van der Waals surface area contributed by atoms with Crippen molar-refractivity contribution in [1.82, 2.24) is 5.32 Å². The van der Waals surface area contributed by atoms with Crippen LogP contribution in [0.2, 0.25) is 0 Å². The Hall–Kier alpha value is -0.700. The lowest BCUT2D eigenvalue weighted by Gasteiger charge is -2.03. The van der Waals surface area contributed by atoms with E-state index >= 15 is 0 Å². The number of carbonyl (C=O) groups excluding carboxylic acids is 1. The van der Waals surface area contributed by atoms with Crippen molar-refractivity contribution in [2.75, 3.05) is 5.88 Å². The Morgan fingerprint density at radius 1 is 1.44 bits per heavy atom. The largest absolute Gasteiger partial charge is 0.350 e. The average molecular weight is 142 g/mol. The van der Waals surface area contributed by atoms with Crippen LogP contribution in [0, 0.1) is 0 Å². The van der Waals surface area contributed by atoms with E-state index in [1.165, 1.54) is 0 Å². The van der Waals surface area contributed by atoms with Crippen LogP contribution in [-0.4, -0.2) is 12.3 Å². The fraction of sp³-hybridized carbons (Fsp3) is 0.167. The molecular weight excluding hydrogens is 134 g/mol. The molecule has 0 saturated heterocycles. The van der Waals surface area contributed by atoms with Gasteiger partial charge in [-0.25, -0.2) is 0 Å². The monoisotopic (exact) mass is 142 g/mol. The second kappa shape index (κ2) is 3.35. The maximum Gasteiger partial charge on any atom is 0.207 e. The summed E-state index contributed by atoms with van der Waals surface area (Å²) in [6.07, 6.45) is 4.72. The van der Waals surface area contributed by atoms with Crippen molar-refractivity contribution >= 4 is 17.3 Å².